The van der Waals surface area contributed by atoms with Crippen LogP contribution in [0.5, 0.6) is 0 Å². The van der Waals surface area contributed by atoms with Gasteiger partial charge in [0.2, 0.25) is 5.91 Å². The fraction of sp³-hybridized carbons (Fsp3) is 0.286. The average molecular weight is 452 g/mol. The van der Waals surface area contributed by atoms with Crippen molar-refractivity contribution in [3.8, 4) is 11.8 Å². The molecule has 1 atom stereocenters. The van der Waals surface area contributed by atoms with E-state index >= 15 is 0 Å². The molecule has 29 heavy (non-hydrogen) atoms. The third kappa shape index (κ3) is 3.21. The molecule has 0 saturated heterocycles. The Morgan fingerprint density at radius 2 is 1.93 bits per heavy atom. The van der Waals surface area contributed by atoms with Crippen molar-refractivity contribution in [3.63, 3.8) is 0 Å². The minimum absolute atomic E-state index is 0.00930. The number of hydrogen-bond acceptors (Lipinski definition) is 5. The Morgan fingerprint density at radius 1 is 1.17 bits per heavy atom. The van der Waals surface area contributed by atoms with Crippen molar-refractivity contribution in [2.45, 2.75) is 39.8 Å². The molecule has 0 fully saturated rings. The molecule has 2 aromatic heterocycles. The van der Waals surface area contributed by atoms with Gasteiger partial charge in [0.15, 0.2) is 4.73 Å². The van der Waals surface area contributed by atoms with Gasteiger partial charge in [-0.2, -0.15) is 0 Å². The third-order valence-corrected chi connectivity index (χ3v) is 5.60. The number of amides is 2. The summed E-state index contributed by atoms with van der Waals surface area (Å²) in [5.41, 5.74) is 2.44. The Labute approximate surface area is 176 Å². The molecule has 1 aliphatic heterocycles. The van der Waals surface area contributed by atoms with Gasteiger partial charge >= 0.3 is 0 Å². The van der Waals surface area contributed by atoms with Crippen molar-refractivity contribution in [3.05, 3.63) is 51.9 Å². The molecule has 0 spiro atoms. The summed E-state index contributed by atoms with van der Waals surface area (Å²) in [6, 6.07) is 7.67. The van der Waals surface area contributed by atoms with Crippen LogP contribution in [0.4, 0.5) is 0 Å². The molecule has 1 aromatic carbocycles. The normalized spacial score (nSPS) is 16.0. The van der Waals surface area contributed by atoms with Crippen LogP contribution in [-0.4, -0.2) is 36.2 Å². The number of aromatic nitrogens is 4. The molecule has 0 bridgehead atoms. The molecule has 2 amide bonds. The molecule has 8 heteroatoms. The summed E-state index contributed by atoms with van der Waals surface area (Å²) in [6.07, 6.45) is 0. The number of halogens is 1. The number of carbonyl (C=O) groups excluding carboxylic acids is 2. The van der Waals surface area contributed by atoms with Crippen LogP contribution >= 0.6 is 15.9 Å². The first kappa shape index (κ1) is 19.3. The highest BCUT2D eigenvalue weighted by atomic mass is 79.9. The fourth-order valence-electron chi connectivity index (χ4n) is 3.51. The highest BCUT2D eigenvalue weighted by molar-refractivity contribution is 9.10. The topological polar surface area (TPSA) is 81.0 Å². The van der Waals surface area contributed by atoms with Crippen LogP contribution in [0.1, 0.15) is 47.5 Å². The maximum absolute atomic E-state index is 13.2. The molecule has 146 valence electrons. The van der Waals surface area contributed by atoms with E-state index in [1.165, 1.54) is 4.90 Å². The van der Waals surface area contributed by atoms with Crippen molar-refractivity contribution >= 4 is 38.6 Å². The van der Waals surface area contributed by atoms with Gasteiger partial charge in [-0.3, -0.25) is 14.5 Å². The van der Waals surface area contributed by atoms with Gasteiger partial charge in [-0.05, 0) is 42.8 Å². The van der Waals surface area contributed by atoms with E-state index in [2.05, 4.69) is 42.7 Å². The molecule has 3 heterocycles. The van der Waals surface area contributed by atoms with Gasteiger partial charge in [0, 0.05) is 11.1 Å². The lowest BCUT2D eigenvalue weighted by molar-refractivity contribution is -0.131. The monoisotopic (exact) mass is 451 g/mol. The summed E-state index contributed by atoms with van der Waals surface area (Å²) in [5, 5.41) is 0.948. The van der Waals surface area contributed by atoms with Gasteiger partial charge < -0.3 is 4.57 Å². The minimum atomic E-state index is -0.545. The number of aryl methyl sites for hydroxylation is 1. The van der Waals surface area contributed by atoms with Gasteiger partial charge in [0.05, 0.1) is 30.2 Å². The Balaban J connectivity index is 1.75. The molecule has 1 unspecified atom stereocenters. The minimum Gasteiger partial charge on any atom is -0.302 e. The number of imide groups is 1. The van der Waals surface area contributed by atoms with Gasteiger partial charge in [-0.25, -0.2) is 15.0 Å². The Kier molecular flexibility index (Phi) is 4.92. The molecular formula is C21H18BrN5O2. The fourth-order valence-corrected chi connectivity index (χ4v) is 4.00. The standard InChI is InChI=1S/C21H18BrN5O2/c1-4-5-10-26-18-17(25-21(26)22)12(2)19(28)27(20(18)29)11-16-23-13(3)14-8-6-7-9-15(14)24-16/h6-9,12H,10-11H2,1-3H3. The van der Waals surface area contributed by atoms with Crippen molar-refractivity contribution in [1.82, 2.24) is 24.4 Å². The molecule has 0 radical (unpaired) electrons. The Bertz CT molecular complexity index is 1220. The number of hydrogen-bond donors (Lipinski definition) is 0. The second-order valence-corrected chi connectivity index (χ2v) is 7.53. The van der Waals surface area contributed by atoms with Gasteiger partial charge in [-0.1, -0.05) is 24.1 Å². The predicted octanol–water partition coefficient (Wildman–Crippen LogP) is 3.21. The van der Waals surface area contributed by atoms with E-state index in [4.69, 9.17) is 0 Å². The van der Waals surface area contributed by atoms with Crippen LogP contribution < -0.4 is 0 Å². The number of imidazole rings is 1. The van der Waals surface area contributed by atoms with Gasteiger partial charge in [0.1, 0.15) is 11.5 Å². The van der Waals surface area contributed by atoms with Crippen molar-refractivity contribution in [2.24, 2.45) is 0 Å². The van der Waals surface area contributed by atoms with E-state index < -0.39 is 11.8 Å². The molecule has 7 nitrogen and oxygen atoms in total. The molecule has 0 aliphatic carbocycles. The highest BCUT2D eigenvalue weighted by Gasteiger charge is 2.41. The van der Waals surface area contributed by atoms with Crippen LogP contribution in [0.15, 0.2) is 29.0 Å². The summed E-state index contributed by atoms with van der Waals surface area (Å²) in [4.78, 5) is 40.8. The van der Waals surface area contributed by atoms with Crippen molar-refractivity contribution in [1.29, 1.82) is 0 Å². The summed E-state index contributed by atoms with van der Waals surface area (Å²) < 4.78 is 2.18. The van der Waals surface area contributed by atoms with Crippen LogP contribution in [0.2, 0.25) is 0 Å². The lowest BCUT2D eigenvalue weighted by Crippen LogP contribution is -2.44. The number of rotatable bonds is 3. The van der Waals surface area contributed by atoms with Crippen LogP contribution in [-0.2, 0) is 17.9 Å². The van der Waals surface area contributed by atoms with Gasteiger partial charge in [0.25, 0.3) is 5.91 Å². The second kappa shape index (κ2) is 7.41. The smallest absolute Gasteiger partial charge is 0.279 e. The Hall–Kier alpha value is -3.05. The van der Waals surface area contributed by atoms with E-state index in [0.717, 1.165) is 16.6 Å². The number of nitrogens with zero attached hydrogens (tertiary/aromatic N) is 5. The molecule has 4 rings (SSSR count). The van der Waals surface area contributed by atoms with E-state index in [0.29, 0.717) is 28.5 Å². The molecular weight excluding hydrogens is 434 g/mol. The number of carbonyl (C=O) groups is 2. The van der Waals surface area contributed by atoms with E-state index in [-0.39, 0.29) is 12.5 Å². The van der Waals surface area contributed by atoms with E-state index in [9.17, 15) is 9.59 Å². The summed E-state index contributed by atoms with van der Waals surface area (Å²) >= 11 is 3.38. The zero-order valence-corrected chi connectivity index (χ0v) is 17.8. The Morgan fingerprint density at radius 3 is 2.69 bits per heavy atom. The third-order valence-electron chi connectivity index (χ3n) is 5.00. The summed E-state index contributed by atoms with van der Waals surface area (Å²) in [6.45, 7) is 5.70. The van der Waals surface area contributed by atoms with Crippen molar-refractivity contribution < 1.29 is 9.59 Å². The maximum atomic E-state index is 13.2. The molecule has 3 aromatic rings. The van der Waals surface area contributed by atoms with E-state index in [1.807, 2.05) is 31.2 Å². The lowest BCUT2D eigenvalue weighted by atomic mass is 9.99. The highest BCUT2D eigenvalue weighted by Crippen LogP contribution is 2.32. The summed E-state index contributed by atoms with van der Waals surface area (Å²) in [5.74, 6) is 4.93. The number of fused-ring (bicyclic) bond motifs is 2. The zero-order valence-electron chi connectivity index (χ0n) is 16.2. The zero-order chi connectivity index (χ0) is 20.7. The second-order valence-electron chi connectivity index (χ2n) is 6.82. The predicted molar refractivity (Wildman–Crippen MR) is 111 cm³/mol. The number of benzene rings is 1. The molecule has 1 aliphatic rings. The maximum Gasteiger partial charge on any atom is 0.279 e. The van der Waals surface area contributed by atoms with Crippen LogP contribution in [0.3, 0.4) is 0 Å². The first-order chi connectivity index (χ1) is 13.9. The van der Waals surface area contributed by atoms with Gasteiger partial charge in [-0.15, -0.1) is 5.92 Å². The number of para-hydroxylation sites is 1. The largest absolute Gasteiger partial charge is 0.302 e. The first-order valence-electron chi connectivity index (χ1n) is 9.15. The van der Waals surface area contributed by atoms with E-state index in [1.54, 1.807) is 18.4 Å². The van der Waals surface area contributed by atoms with Crippen LogP contribution in [0.25, 0.3) is 10.9 Å². The first-order valence-corrected chi connectivity index (χ1v) is 9.95. The quantitative estimate of drug-likeness (QED) is 0.451. The summed E-state index contributed by atoms with van der Waals surface area (Å²) in [7, 11) is 0. The average Bonchev–Trinajstić information content (AvgIpc) is 3.04. The molecule has 0 saturated carbocycles. The van der Waals surface area contributed by atoms with Crippen molar-refractivity contribution in [2.75, 3.05) is 0 Å². The lowest BCUT2D eigenvalue weighted by Gasteiger charge is -2.28. The SMILES string of the molecule is CC#CCn1c(Br)nc2c1C(=O)N(Cc1nc(C)c3ccccc3n1)C(=O)C2C. The molecule has 0 N–H and O–H groups in total. The van der Waals surface area contributed by atoms with Crippen LogP contribution in [0, 0.1) is 18.8 Å².